The fourth-order valence-corrected chi connectivity index (χ4v) is 5.73. The van der Waals surface area contributed by atoms with Crippen molar-refractivity contribution in [1.29, 1.82) is 10.5 Å². The van der Waals surface area contributed by atoms with Crippen LogP contribution in [0.15, 0.2) is 46.4 Å². The van der Waals surface area contributed by atoms with Gasteiger partial charge in [0.2, 0.25) is 0 Å². The number of rotatable bonds is 7. The van der Waals surface area contributed by atoms with Gasteiger partial charge in [0, 0.05) is 9.35 Å². The fraction of sp³-hybridized carbons (Fsp3) is 0.222. The Morgan fingerprint density at radius 2 is 1.97 bits per heavy atom. The second kappa shape index (κ2) is 11.6. The molecule has 0 radical (unpaired) electrons. The van der Waals surface area contributed by atoms with Crippen molar-refractivity contribution in [3.8, 4) is 23.6 Å². The highest BCUT2D eigenvalue weighted by Gasteiger charge is 2.23. The SMILES string of the molecule is COc1cc(/C=C(\C#N)C(=O)Nc2sc3c(c2C#N)CCCC3)cc(Cl)c1OCc1ccc(Br)cc1. The van der Waals surface area contributed by atoms with E-state index in [0.29, 0.717) is 27.6 Å². The lowest BCUT2D eigenvalue weighted by molar-refractivity contribution is -0.112. The predicted molar refractivity (Wildman–Crippen MR) is 144 cm³/mol. The number of aryl methyl sites for hydroxylation is 1. The highest BCUT2D eigenvalue weighted by Crippen LogP contribution is 2.39. The summed E-state index contributed by atoms with van der Waals surface area (Å²) < 4.78 is 12.3. The van der Waals surface area contributed by atoms with E-state index < -0.39 is 5.91 Å². The van der Waals surface area contributed by atoms with Gasteiger partial charge in [-0.25, -0.2) is 0 Å². The van der Waals surface area contributed by atoms with Gasteiger partial charge < -0.3 is 14.8 Å². The van der Waals surface area contributed by atoms with Crippen molar-refractivity contribution in [2.75, 3.05) is 12.4 Å². The predicted octanol–water partition coefficient (Wildman–Crippen LogP) is 7.05. The number of anilines is 1. The van der Waals surface area contributed by atoms with Crippen LogP contribution in [0.3, 0.4) is 0 Å². The van der Waals surface area contributed by atoms with Gasteiger partial charge in [0.15, 0.2) is 11.5 Å². The van der Waals surface area contributed by atoms with Crippen LogP contribution in [0.4, 0.5) is 5.00 Å². The average molecular weight is 583 g/mol. The molecule has 182 valence electrons. The lowest BCUT2D eigenvalue weighted by Crippen LogP contribution is -2.13. The third-order valence-corrected chi connectivity index (χ3v) is 7.75. The van der Waals surface area contributed by atoms with E-state index in [1.807, 2.05) is 30.3 Å². The van der Waals surface area contributed by atoms with E-state index in [9.17, 15) is 15.3 Å². The summed E-state index contributed by atoms with van der Waals surface area (Å²) in [5.74, 6) is 0.157. The maximum Gasteiger partial charge on any atom is 0.266 e. The van der Waals surface area contributed by atoms with Gasteiger partial charge in [0.1, 0.15) is 29.3 Å². The molecular weight excluding hydrogens is 562 g/mol. The molecule has 0 bridgehead atoms. The second-order valence-electron chi connectivity index (χ2n) is 8.10. The van der Waals surface area contributed by atoms with Gasteiger partial charge in [0.05, 0.1) is 17.7 Å². The molecule has 9 heteroatoms. The van der Waals surface area contributed by atoms with E-state index in [4.69, 9.17) is 21.1 Å². The third kappa shape index (κ3) is 5.74. The summed E-state index contributed by atoms with van der Waals surface area (Å²) in [7, 11) is 1.49. The van der Waals surface area contributed by atoms with Crippen molar-refractivity contribution >= 4 is 55.9 Å². The van der Waals surface area contributed by atoms with Gasteiger partial charge in [-0.15, -0.1) is 11.3 Å². The standard InChI is InChI=1S/C27H21BrClN3O3S/c1-34-23-12-17(11-22(29)25(23)35-15-16-6-8-19(28)9-7-16)10-18(13-30)26(33)32-27-21(14-31)20-4-2-3-5-24(20)36-27/h6-12H,2-5,15H2,1H3,(H,32,33)/b18-10+. The van der Waals surface area contributed by atoms with Crippen molar-refractivity contribution < 1.29 is 14.3 Å². The first-order valence-electron chi connectivity index (χ1n) is 11.2. The molecule has 4 rings (SSSR count). The van der Waals surface area contributed by atoms with Crippen molar-refractivity contribution in [2.45, 2.75) is 32.3 Å². The maximum atomic E-state index is 12.9. The molecule has 2 aromatic carbocycles. The number of ether oxygens (including phenoxy) is 2. The van der Waals surface area contributed by atoms with Crippen LogP contribution in [-0.2, 0) is 24.2 Å². The van der Waals surface area contributed by atoms with Crippen LogP contribution >= 0.6 is 38.9 Å². The van der Waals surface area contributed by atoms with Crippen LogP contribution in [0.25, 0.3) is 6.08 Å². The van der Waals surface area contributed by atoms with E-state index in [1.54, 1.807) is 12.1 Å². The summed E-state index contributed by atoms with van der Waals surface area (Å²) in [6, 6.07) is 15.1. The van der Waals surface area contributed by atoms with Gasteiger partial charge >= 0.3 is 0 Å². The minimum Gasteiger partial charge on any atom is -0.493 e. The first-order valence-corrected chi connectivity index (χ1v) is 13.1. The zero-order chi connectivity index (χ0) is 25.7. The smallest absolute Gasteiger partial charge is 0.266 e. The molecule has 6 nitrogen and oxygen atoms in total. The number of carbonyl (C=O) groups is 1. The monoisotopic (exact) mass is 581 g/mol. The second-order valence-corrected chi connectivity index (χ2v) is 10.5. The summed E-state index contributed by atoms with van der Waals surface area (Å²) in [6.07, 6.45) is 5.27. The molecule has 0 aliphatic heterocycles. The Labute approximate surface area is 226 Å². The lowest BCUT2D eigenvalue weighted by atomic mass is 9.96. The summed E-state index contributed by atoms with van der Waals surface area (Å²) in [5, 5.41) is 22.8. The highest BCUT2D eigenvalue weighted by atomic mass is 79.9. The van der Waals surface area contributed by atoms with Gasteiger partial charge in [-0.3, -0.25) is 4.79 Å². The van der Waals surface area contributed by atoms with Gasteiger partial charge in [-0.1, -0.05) is 39.7 Å². The van der Waals surface area contributed by atoms with Crippen LogP contribution in [0.1, 0.15) is 40.0 Å². The maximum absolute atomic E-state index is 12.9. The lowest BCUT2D eigenvalue weighted by Gasteiger charge is -2.14. The Morgan fingerprint density at radius 1 is 1.22 bits per heavy atom. The number of nitriles is 2. The summed E-state index contributed by atoms with van der Waals surface area (Å²) >= 11 is 11.3. The van der Waals surface area contributed by atoms with Gasteiger partial charge in [-0.05, 0) is 72.7 Å². The number of carbonyl (C=O) groups excluding carboxylic acids is 1. The molecular formula is C27H21BrClN3O3S. The normalized spacial score (nSPS) is 12.8. The van der Waals surface area contributed by atoms with Crippen LogP contribution < -0.4 is 14.8 Å². The van der Waals surface area contributed by atoms with Crippen molar-refractivity contribution in [1.82, 2.24) is 0 Å². The summed E-state index contributed by atoms with van der Waals surface area (Å²) in [4.78, 5) is 14.1. The molecule has 0 atom stereocenters. The number of benzene rings is 2. The van der Waals surface area contributed by atoms with E-state index in [0.717, 1.165) is 46.2 Å². The molecule has 0 spiro atoms. The molecule has 3 aromatic rings. The molecule has 0 unspecified atom stereocenters. The molecule has 1 aromatic heterocycles. The topological polar surface area (TPSA) is 95.1 Å². The van der Waals surface area contributed by atoms with Crippen molar-refractivity contribution in [3.05, 3.63) is 78.6 Å². The molecule has 1 aliphatic carbocycles. The molecule has 0 saturated heterocycles. The zero-order valence-electron chi connectivity index (χ0n) is 19.4. The number of methoxy groups -OCH3 is 1. The first kappa shape index (κ1) is 25.8. The van der Waals surface area contributed by atoms with E-state index >= 15 is 0 Å². The van der Waals surface area contributed by atoms with Gasteiger partial charge in [0.25, 0.3) is 5.91 Å². The van der Waals surface area contributed by atoms with E-state index in [-0.39, 0.29) is 17.2 Å². The molecule has 36 heavy (non-hydrogen) atoms. The van der Waals surface area contributed by atoms with Crippen LogP contribution in [0, 0.1) is 22.7 Å². The molecule has 1 N–H and O–H groups in total. The van der Waals surface area contributed by atoms with Gasteiger partial charge in [-0.2, -0.15) is 10.5 Å². The first-order chi connectivity index (χ1) is 17.4. The van der Waals surface area contributed by atoms with Crippen LogP contribution in [0.5, 0.6) is 11.5 Å². The number of fused-ring (bicyclic) bond motifs is 1. The minimum absolute atomic E-state index is 0.119. The number of hydrogen-bond donors (Lipinski definition) is 1. The van der Waals surface area contributed by atoms with Crippen molar-refractivity contribution in [2.24, 2.45) is 0 Å². The number of amides is 1. The largest absolute Gasteiger partial charge is 0.493 e. The Bertz CT molecular complexity index is 1420. The molecule has 0 fully saturated rings. The summed E-state index contributed by atoms with van der Waals surface area (Å²) in [5.41, 5.74) is 2.85. The number of halogens is 2. The van der Waals surface area contributed by atoms with Crippen LogP contribution in [-0.4, -0.2) is 13.0 Å². The van der Waals surface area contributed by atoms with E-state index in [2.05, 4.69) is 27.3 Å². The zero-order valence-corrected chi connectivity index (χ0v) is 22.5. The minimum atomic E-state index is -0.585. The molecule has 1 aliphatic rings. The van der Waals surface area contributed by atoms with E-state index in [1.165, 1.54) is 24.5 Å². The average Bonchev–Trinajstić information content (AvgIpc) is 3.24. The molecule has 1 heterocycles. The third-order valence-electron chi connectivity index (χ3n) is 5.73. The fourth-order valence-electron chi connectivity index (χ4n) is 3.96. The summed E-state index contributed by atoms with van der Waals surface area (Å²) in [6.45, 7) is 0.288. The Morgan fingerprint density at radius 3 is 2.67 bits per heavy atom. The van der Waals surface area contributed by atoms with Crippen LogP contribution in [0.2, 0.25) is 5.02 Å². The quantitative estimate of drug-likeness (QED) is 0.238. The number of hydrogen-bond acceptors (Lipinski definition) is 6. The van der Waals surface area contributed by atoms with Crippen molar-refractivity contribution in [3.63, 3.8) is 0 Å². The molecule has 1 amide bonds. The Balaban J connectivity index is 1.55. The number of nitrogens with one attached hydrogen (secondary N) is 1. The number of nitrogens with zero attached hydrogens (tertiary/aromatic N) is 2. The highest BCUT2D eigenvalue weighted by molar-refractivity contribution is 9.10. The molecule has 0 saturated carbocycles. The Hall–Kier alpha value is -3.30. The number of thiophene rings is 1. The Kier molecular flexibility index (Phi) is 8.32.